The summed E-state index contributed by atoms with van der Waals surface area (Å²) < 4.78 is 7.47. The Bertz CT molecular complexity index is 619. The molecule has 0 spiro atoms. The van der Waals surface area contributed by atoms with E-state index in [1.807, 2.05) is 31.4 Å². The standard InChI is InChI=1S/C15H20N2O3/c1-4-13-16-12-8-6-7-11(15(18)19)14(12)17(13)10(3)9-20-5-2/h6-8,10H,4-5,9H2,1-3H3,(H,18,19). The Kier molecular flexibility index (Phi) is 4.39. The monoisotopic (exact) mass is 276 g/mol. The molecule has 1 N–H and O–H groups in total. The highest BCUT2D eigenvalue weighted by Gasteiger charge is 2.20. The van der Waals surface area contributed by atoms with Gasteiger partial charge in [0.2, 0.25) is 0 Å². The molecule has 1 aromatic heterocycles. The topological polar surface area (TPSA) is 64.4 Å². The van der Waals surface area contributed by atoms with Gasteiger partial charge in [0.05, 0.1) is 29.2 Å². The Morgan fingerprint density at radius 2 is 2.20 bits per heavy atom. The van der Waals surface area contributed by atoms with Crippen LogP contribution in [0.5, 0.6) is 0 Å². The van der Waals surface area contributed by atoms with Crippen LogP contribution in [-0.2, 0) is 11.2 Å². The predicted octanol–water partition coefficient (Wildman–Crippen LogP) is 2.89. The second-order valence-corrected chi connectivity index (χ2v) is 4.74. The fourth-order valence-electron chi connectivity index (χ4n) is 2.46. The van der Waals surface area contributed by atoms with Gasteiger partial charge < -0.3 is 14.4 Å². The molecule has 5 nitrogen and oxygen atoms in total. The first-order valence-electron chi connectivity index (χ1n) is 6.91. The van der Waals surface area contributed by atoms with Crippen molar-refractivity contribution in [3.05, 3.63) is 29.6 Å². The molecule has 108 valence electrons. The third-order valence-corrected chi connectivity index (χ3v) is 3.33. The zero-order valence-corrected chi connectivity index (χ0v) is 12.1. The third-order valence-electron chi connectivity index (χ3n) is 3.33. The number of nitrogens with zero attached hydrogens (tertiary/aromatic N) is 2. The second kappa shape index (κ2) is 6.05. The Balaban J connectivity index is 2.62. The van der Waals surface area contributed by atoms with Crippen molar-refractivity contribution in [3.8, 4) is 0 Å². The summed E-state index contributed by atoms with van der Waals surface area (Å²) in [6, 6.07) is 5.26. The van der Waals surface area contributed by atoms with Crippen molar-refractivity contribution in [2.24, 2.45) is 0 Å². The molecule has 0 aliphatic heterocycles. The van der Waals surface area contributed by atoms with Crippen LogP contribution in [-0.4, -0.2) is 33.8 Å². The molecule has 1 atom stereocenters. The number of carboxylic acid groups (broad SMARTS) is 1. The van der Waals surface area contributed by atoms with Crippen LogP contribution in [0.3, 0.4) is 0 Å². The van der Waals surface area contributed by atoms with Crippen molar-refractivity contribution in [3.63, 3.8) is 0 Å². The fourth-order valence-corrected chi connectivity index (χ4v) is 2.46. The number of imidazole rings is 1. The van der Waals surface area contributed by atoms with Crippen LogP contribution in [0.25, 0.3) is 11.0 Å². The van der Waals surface area contributed by atoms with E-state index in [2.05, 4.69) is 4.98 Å². The van der Waals surface area contributed by atoms with Gasteiger partial charge in [0.1, 0.15) is 5.82 Å². The first kappa shape index (κ1) is 14.5. The second-order valence-electron chi connectivity index (χ2n) is 4.74. The number of carbonyl (C=O) groups is 1. The Labute approximate surface area is 118 Å². The number of aryl methyl sites for hydroxylation is 1. The Hall–Kier alpha value is -1.88. The van der Waals surface area contributed by atoms with Gasteiger partial charge in [-0.15, -0.1) is 0 Å². The molecule has 0 saturated heterocycles. The Morgan fingerprint density at radius 3 is 2.80 bits per heavy atom. The van der Waals surface area contributed by atoms with Gasteiger partial charge in [-0.1, -0.05) is 13.0 Å². The first-order chi connectivity index (χ1) is 9.60. The van der Waals surface area contributed by atoms with Crippen LogP contribution in [0.1, 0.15) is 43.0 Å². The molecule has 2 rings (SSSR count). The van der Waals surface area contributed by atoms with Gasteiger partial charge >= 0.3 is 5.97 Å². The van der Waals surface area contributed by atoms with Crippen LogP contribution < -0.4 is 0 Å². The van der Waals surface area contributed by atoms with Crippen LogP contribution in [0.4, 0.5) is 0 Å². The average molecular weight is 276 g/mol. The zero-order chi connectivity index (χ0) is 14.7. The maximum atomic E-state index is 11.4. The van der Waals surface area contributed by atoms with E-state index in [1.54, 1.807) is 12.1 Å². The lowest BCUT2D eigenvalue weighted by atomic mass is 10.1. The molecule has 20 heavy (non-hydrogen) atoms. The van der Waals surface area contributed by atoms with Crippen molar-refractivity contribution in [2.45, 2.75) is 33.2 Å². The summed E-state index contributed by atoms with van der Waals surface area (Å²) in [5, 5.41) is 9.37. The minimum absolute atomic E-state index is 0.0513. The minimum atomic E-state index is -0.928. The number of aromatic nitrogens is 2. The summed E-state index contributed by atoms with van der Waals surface area (Å²) in [5.74, 6) is -0.0380. The third kappa shape index (κ3) is 2.54. The van der Waals surface area contributed by atoms with Gasteiger partial charge in [0.25, 0.3) is 0 Å². The van der Waals surface area contributed by atoms with Gasteiger partial charge in [-0.25, -0.2) is 9.78 Å². The highest BCUT2D eigenvalue weighted by Crippen LogP contribution is 2.25. The lowest BCUT2D eigenvalue weighted by Gasteiger charge is -2.17. The van der Waals surface area contributed by atoms with Gasteiger partial charge in [0.15, 0.2) is 0 Å². The number of carboxylic acids is 1. The molecule has 0 saturated carbocycles. The van der Waals surface area contributed by atoms with E-state index in [4.69, 9.17) is 4.74 Å². The first-order valence-corrected chi connectivity index (χ1v) is 6.91. The number of ether oxygens (including phenoxy) is 1. The number of fused-ring (bicyclic) bond motifs is 1. The molecule has 0 amide bonds. The molecule has 0 radical (unpaired) electrons. The lowest BCUT2D eigenvalue weighted by Crippen LogP contribution is -2.16. The van der Waals surface area contributed by atoms with Crippen molar-refractivity contribution >= 4 is 17.0 Å². The summed E-state index contributed by atoms with van der Waals surface area (Å²) in [6.45, 7) is 7.18. The molecule has 0 aliphatic rings. The fraction of sp³-hybridized carbons (Fsp3) is 0.467. The number of rotatable bonds is 6. The van der Waals surface area contributed by atoms with Crippen LogP contribution in [0.2, 0.25) is 0 Å². The van der Waals surface area contributed by atoms with Crippen molar-refractivity contribution in [2.75, 3.05) is 13.2 Å². The molecule has 0 aliphatic carbocycles. The van der Waals surface area contributed by atoms with Crippen LogP contribution in [0, 0.1) is 0 Å². The van der Waals surface area contributed by atoms with Gasteiger partial charge in [-0.2, -0.15) is 0 Å². The lowest BCUT2D eigenvalue weighted by molar-refractivity contribution is 0.0698. The van der Waals surface area contributed by atoms with E-state index in [0.29, 0.717) is 18.7 Å². The average Bonchev–Trinajstić information content (AvgIpc) is 2.82. The van der Waals surface area contributed by atoms with Crippen molar-refractivity contribution in [1.82, 2.24) is 9.55 Å². The number of benzene rings is 1. The Morgan fingerprint density at radius 1 is 1.45 bits per heavy atom. The number of hydrogen-bond acceptors (Lipinski definition) is 3. The predicted molar refractivity (Wildman–Crippen MR) is 77.3 cm³/mol. The summed E-state index contributed by atoms with van der Waals surface area (Å²) in [6.07, 6.45) is 0.754. The van der Waals surface area contributed by atoms with E-state index in [1.165, 1.54) is 0 Å². The summed E-state index contributed by atoms with van der Waals surface area (Å²) in [7, 11) is 0. The molecule has 2 aromatic rings. The van der Waals surface area contributed by atoms with Gasteiger partial charge in [-0.3, -0.25) is 0 Å². The van der Waals surface area contributed by atoms with Crippen molar-refractivity contribution < 1.29 is 14.6 Å². The molecule has 5 heteroatoms. The largest absolute Gasteiger partial charge is 0.478 e. The smallest absolute Gasteiger partial charge is 0.337 e. The molecule has 0 bridgehead atoms. The summed E-state index contributed by atoms with van der Waals surface area (Å²) in [4.78, 5) is 16.0. The molecule has 1 aromatic carbocycles. The molecule has 1 heterocycles. The van der Waals surface area contributed by atoms with Gasteiger partial charge in [-0.05, 0) is 26.0 Å². The highest BCUT2D eigenvalue weighted by molar-refractivity contribution is 6.01. The maximum Gasteiger partial charge on any atom is 0.337 e. The highest BCUT2D eigenvalue weighted by atomic mass is 16.5. The quantitative estimate of drug-likeness (QED) is 0.881. The summed E-state index contributed by atoms with van der Waals surface area (Å²) in [5.41, 5.74) is 1.70. The van der Waals surface area contributed by atoms with E-state index in [-0.39, 0.29) is 11.6 Å². The molecule has 1 unspecified atom stereocenters. The molecular weight excluding hydrogens is 256 g/mol. The SMILES string of the molecule is CCOCC(C)n1c(CC)nc2cccc(C(=O)O)c21. The van der Waals surface area contributed by atoms with E-state index in [0.717, 1.165) is 17.8 Å². The van der Waals surface area contributed by atoms with Gasteiger partial charge in [0, 0.05) is 13.0 Å². The minimum Gasteiger partial charge on any atom is -0.478 e. The number of aromatic carboxylic acids is 1. The summed E-state index contributed by atoms with van der Waals surface area (Å²) >= 11 is 0. The van der Waals surface area contributed by atoms with Crippen LogP contribution in [0.15, 0.2) is 18.2 Å². The van der Waals surface area contributed by atoms with E-state index in [9.17, 15) is 9.90 Å². The van der Waals surface area contributed by atoms with Crippen LogP contribution >= 0.6 is 0 Å². The van der Waals surface area contributed by atoms with Crippen molar-refractivity contribution in [1.29, 1.82) is 0 Å². The maximum absolute atomic E-state index is 11.4. The number of para-hydroxylation sites is 1. The normalized spacial score (nSPS) is 12.8. The molecule has 0 fully saturated rings. The molecular formula is C15H20N2O3. The number of hydrogen-bond donors (Lipinski definition) is 1. The van der Waals surface area contributed by atoms with E-state index < -0.39 is 5.97 Å². The zero-order valence-electron chi connectivity index (χ0n) is 12.1. The van der Waals surface area contributed by atoms with E-state index >= 15 is 0 Å².